The van der Waals surface area contributed by atoms with E-state index in [2.05, 4.69) is 0 Å². The van der Waals surface area contributed by atoms with Gasteiger partial charge in [-0.25, -0.2) is 0 Å². The molecule has 0 spiro atoms. The van der Waals surface area contributed by atoms with Crippen LogP contribution in [0.25, 0.3) is 0 Å². The number of rotatable bonds is 6. The first-order chi connectivity index (χ1) is 12.3. The van der Waals surface area contributed by atoms with Gasteiger partial charge in [-0.15, -0.1) is 0 Å². The van der Waals surface area contributed by atoms with Gasteiger partial charge in [0.2, 0.25) is 0 Å². The maximum Gasteiger partial charge on any atom is 0.306 e. The molecule has 5 nitrogen and oxygen atoms in total. The largest absolute Gasteiger partial charge is 0.460 e. The second-order valence-electron chi connectivity index (χ2n) is 7.07. The third kappa shape index (κ3) is 5.62. The fraction of sp³-hybridized carbons (Fsp3) is 0.333. The lowest BCUT2D eigenvalue weighted by atomic mass is 10.1. The molecule has 0 aromatic heterocycles. The molecule has 1 amide bonds. The highest BCUT2D eigenvalue weighted by Crippen LogP contribution is 2.21. The number of amides is 1. The van der Waals surface area contributed by atoms with E-state index in [0.717, 1.165) is 5.69 Å². The van der Waals surface area contributed by atoms with Gasteiger partial charge in [0.1, 0.15) is 5.60 Å². The zero-order valence-electron chi connectivity index (χ0n) is 15.6. The van der Waals surface area contributed by atoms with Crippen LogP contribution in [0.15, 0.2) is 54.6 Å². The van der Waals surface area contributed by atoms with Crippen LogP contribution < -0.4 is 10.6 Å². The number of carbonyl (C=O) groups excluding carboxylic acids is 2. The van der Waals surface area contributed by atoms with Crippen molar-refractivity contribution < 1.29 is 14.3 Å². The van der Waals surface area contributed by atoms with Crippen LogP contribution in [0, 0.1) is 0 Å². The Balaban J connectivity index is 2.12. The van der Waals surface area contributed by atoms with Gasteiger partial charge >= 0.3 is 5.97 Å². The molecular formula is C21H26N2O3. The summed E-state index contributed by atoms with van der Waals surface area (Å²) in [6.07, 6.45) is 0.750. The number of nitrogens with zero attached hydrogens (tertiary/aromatic N) is 1. The van der Waals surface area contributed by atoms with Crippen molar-refractivity contribution >= 4 is 23.3 Å². The summed E-state index contributed by atoms with van der Waals surface area (Å²) in [6, 6.07) is 16.4. The SMILES string of the molecule is CC(C)(C)OC(=O)CCCN(C(=O)c1ccccc1N)c1ccccc1. The lowest BCUT2D eigenvalue weighted by Gasteiger charge is -2.24. The van der Waals surface area contributed by atoms with Crippen molar-refractivity contribution in [1.29, 1.82) is 0 Å². The summed E-state index contributed by atoms with van der Waals surface area (Å²) in [5, 5.41) is 0. The molecule has 0 fully saturated rings. The smallest absolute Gasteiger partial charge is 0.306 e. The molecule has 2 aromatic carbocycles. The van der Waals surface area contributed by atoms with Crippen LogP contribution in [-0.2, 0) is 9.53 Å². The van der Waals surface area contributed by atoms with Crippen molar-refractivity contribution in [2.75, 3.05) is 17.2 Å². The Bertz CT molecular complexity index is 751. The standard InChI is InChI=1S/C21H26N2O3/c1-21(2,3)26-19(24)14-9-15-23(16-10-5-4-6-11-16)20(25)17-12-7-8-13-18(17)22/h4-8,10-13H,9,14-15,22H2,1-3H3. The molecule has 5 heteroatoms. The molecule has 0 aliphatic carbocycles. The Labute approximate surface area is 154 Å². The highest BCUT2D eigenvalue weighted by atomic mass is 16.6. The first-order valence-electron chi connectivity index (χ1n) is 8.71. The van der Waals surface area contributed by atoms with Gasteiger partial charge in [-0.1, -0.05) is 30.3 Å². The predicted octanol–water partition coefficient (Wildman–Crippen LogP) is 4.04. The summed E-state index contributed by atoms with van der Waals surface area (Å²) in [5.74, 6) is -0.448. The number of esters is 1. The molecule has 0 aliphatic heterocycles. The normalized spacial score (nSPS) is 11.0. The summed E-state index contributed by atoms with van der Waals surface area (Å²) in [5.41, 5.74) is 7.11. The maximum absolute atomic E-state index is 13.0. The molecular weight excluding hydrogens is 328 g/mol. The number of nitrogens with two attached hydrogens (primary N) is 1. The second-order valence-corrected chi connectivity index (χ2v) is 7.07. The number of anilines is 2. The van der Waals surface area contributed by atoms with E-state index in [0.29, 0.717) is 24.2 Å². The van der Waals surface area contributed by atoms with Gasteiger partial charge < -0.3 is 15.4 Å². The van der Waals surface area contributed by atoms with E-state index < -0.39 is 5.60 Å². The molecule has 0 aliphatic rings. The molecule has 26 heavy (non-hydrogen) atoms. The minimum absolute atomic E-state index is 0.182. The van der Waals surface area contributed by atoms with Crippen LogP contribution in [-0.4, -0.2) is 24.0 Å². The molecule has 0 bridgehead atoms. The number of carbonyl (C=O) groups is 2. The van der Waals surface area contributed by atoms with Crippen LogP contribution in [0.1, 0.15) is 44.0 Å². The summed E-state index contributed by atoms with van der Waals surface area (Å²) in [7, 11) is 0. The Morgan fingerprint density at radius 2 is 1.62 bits per heavy atom. The number of hydrogen-bond acceptors (Lipinski definition) is 4. The minimum Gasteiger partial charge on any atom is -0.460 e. The van der Waals surface area contributed by atoms with E-state index in [9.17, 15) is 9.59 Å². The number of hydrogen-bond donors (Lipinski definition) is 1. The maximum atomic E-state index is 13.0. The molecule has 2 aromatic rings. The van der Waals surface area contributed by atoms with Gasteiger partial charge in [0.15, 0.2) is 0 Å². The molecule has 0 saturated carbocycles. The Kier molecular flexibility index (Phi) is 6.39. The first-order valence-corrected chi connectivity index (χ1v) is 8.71. The van der Waals surface area contributed by atoms with E-state index in [1.54, 1.807) is 29.2 Å². The summed E-state index contributed by atoms with van der Waals surface area (Å²) in [4.78, 5) is 26.6. The van der Waals surface area contributed by atoms with Crippen molar-refractivity contribution in [1.82, 2.24) is 0 Å². The highest BCUT2D eigenvalue weighted by Gasteiger charge is 2.21. The number of para-hydroxylation sites is 2. The molecule has 0 unspecified atom stereocenters. The molecule has 138 valence electrons. The fourth-order valence-corrected chi connectivity index (χ4v) is 2.57. The average Bonchev–Trinajstić information content (AvgIpc) is 2.58. The average molecular weight is 354 g/mol. The van der Waals surface area contributed by atoms with Crippen molar-refractivity contribution in [2.45, 2.75) is 39.2 Å². The third-order valence-corrected chi connectivity index (χ3v) is 3.69. The molecule has 0 heterocycles. The summed E-state index contributed by atoms with van der Waals surface area (Å²) >= 11 is 0. The van der Waals surface area contributed by atoms with Gasteiger partial charge in [-0.3, -0.25) is 9.59 Å². The second kappa shape index (κ2) is 8.52. The summed E-state index contributed by atoms with van der Waals surface area (Å²) in [6.45, 7) is 5.91. The lowest BCUT2D eigenvalue weighted by molar-refractivity contribution is -0.154. The van der Waals surface area contributed by atoms with Crippen molar-refractivity contribution in [2.24, 2.45) is 0 Å². The monoisotopic (exact) mass is 354 g/mol. The zero-order chi connectivity index (χ0) is 19.2. The van der Waals surface area contributed by atoms with Crippen LogP contribution in [0.2, 0.25) is 0 Å². The van der Waals surface area contributed by atoms with Crippen LogP contribution in [0.4, 0.5) is 11.4 Å². The van der Waals surface area contributed by atoms with Crippen LogP contribution in [0.5, 0.6) is 0 Å². The van der Waals surface area contributed by atoms with E-state index in [1.165, 1.54) is 0 Å². The zero-order valence-corrected chi connectivity index (χ0v) is 15.6. The molecule has 2 rings (SSSR count). The number of ether oxygens (including phenoxy) is 1. The van der Waals surface area contributed by atoms with Gasteiger partial charge in [0, 0.05) is 24.3 Å². The summed E-state index contributed by atoms with van der Waals surface area (Å²) < 4.78 is 5.33. The molecule has 0 radical (unpaired) electrons. The minimum atomic E-state index is -0.509. The van der Waals surface area contributed by atoms with Crippen LogP contribution in [0.3, 0.4) is 0 Å². The Morgan fingerprint density at radius 1 is 1.00 bits per heavy atom. The topological polar surface area (TPSA) is 72.6 Å². The van der Waals surface area contributed by atoms with Crippen LogP contribution >= 0.6 is 0 Å². The first kappa shape index (κ1) is 19.5. The Morgan fingerprint density at radius 3 is 2.23 bits per heavy atom. The van der Waals surface area contributed by atoms with Crippen molar-refractivity contribution in [3.63, 3.8) is 0 Å². The van der Waals surface area contributed by atoms with E-state index >= 15 is 0 Å². The van der Waals surface area contributed by atoms with E-state index in [1.807, 2.05) is 51.1 Å². The quantitative estimate of drug-likeness (QED) is 0.628. The van der Waals surface area contributed by atoms with E-state index in [4.69, 9.17) is 10.5 Å². The Hall–Kier alpha value is -2.82. The highest BCUT2D eigenvalue weighted by molar-refractivity contribution is 6.09. The lowest BCUT2D eigenvalue weighted by Crippen LogP contribution is -2.33. The fourth-order valence-electron chi connectivity index (χ4n) is 2.57. The van der Waals surface area contributed by atoms with Gasteiger partial charge in [-0.05, 0) is 51.5 Å². The number of nitrogen functional groups attached to an aromatic ring is 1. The van der Waals surface area contributed by atoms with Gasteiger partial charge in [0.05, 0.1) is 5.56 Å². The number of benzene rings is 2. The molecule has 2 N–H and O–H groups in total. The van der Waals surface area contributed by atoms with E-state index in [-0.39, 0.29) is 18.3 Å². The van der Waals surface area contributed by atoms with Gasteiger partial charge in [0.25, 0.3) is 5.91 Å². The van der Waals surface area contributed by atoms with Crippen molar-refractivity contribution in [3.05, 3.63) is 60.2 Å². The molecule has 0 saturated heterocycles. The van der Waals surface area contributed by atoms with Gasteiger partial charge in [-0.2, -0.15) is 0 Å². The third-order valence-electron chi connectivity index (χ3n) is 3.69. The predicted molar refractivity (Wildman–Crippen MR) is 104 cm³/mol. The molecule has 0 atom stereocenters. The van der Waals surface area contributed by atoms with Crippen molar-refractivity contribution in [3.8, 4) is 0 Å².